The van der Waals surface area contributed by atoms with Crippen LogP contribution in [0.3, 0.4) is 0 Å². The Morgan fingerprint density at radius 2 is 1.71 bits per heavy atom. The van der Waals surface area contributed by atoms with E-state index in [9.17, 15) is 19.7 Å². The number of esters is 2. The van der Waals surface area contributed by atoms with Crippen LogP contribution >= 0.6 is 0 Å². The lowest BCUT2D eigenvalue weighted by molar-refractivity contribution is -0.385. The molecule has 8 heteroatoms. The summed E-state index contributed by atoms with van der Waals surface area (Å²) in [7, 11) is 1.35. The fourth-order valence-corrected chi connectivity index (χ4v) is 1.80. The summed E-state index contributed by atoms with van der Waals surface area (Å²) < 4.78 is 14.9. The summed E-state index contributed by atoms with van der Waals surface area (Å²) in [6, 6.07) is 2.61. The molecule has 21 heavy (non-hydrogen) atoms. The number of carbonyl (C=O) groups is 2. The highest BCUT2D eigenvalue weighted by Gasteiger charge is 2.28. The number of benzene rings is 1. The Balaban J connectivity index is 3.45. The zero-order chi connectivity index (χ0) is 16.2. The van der Waals surface area contributed by atoms with Crippen molar-refractivity contribution >= 4 is 17.6 Å². The van der Waals surface area contributed by atoms with Crippen LogP contribution in [0.15, 0.2) is 12.1 Å². The SMILES string of the molecule is COc1ccc([N+](=O)[O-])c(C)c1C(OC(C)=O)OC(C)=O. The number of nitrogens with zero attached hydrogens (tertiary/aromatic N) is 1. The summed E-state index contributed by atoms with van der Waals surface area (Å²) in [5.74, 6) is -1.19. The first-order valence-electron chi connectivity index (χ1n) is 5.94. The standard InChI is InChI=1S/C13H15NO7/c1-7-10(14(17)18)5-6-11(19-4)12(7)13(20-8(2)15)21-9(3)16/h5-6,13H,1-4H3. The van der Waals surface area contributed by atoms with Crippen LogP contribution in [0.5, 0.6) is 5.75 Å². The third-order valence-electron chi connectivity index (χ3n) is 2.64. The highest BCUT2D eigenvalue weighted by Crippen LogP contribution is 2.36. The van der Waals surface area contributed by atoms with Crippen LogP contribution in [0.25, 0.3) is 0 Å². The summed E-state index contributed by atoms with van der Waals surface area (Å²) in [5.41, 5.74) is 0.110. The van der Waals surface area contributed by atoms with Crippen molar-refractivity contribution in [3.8, 4) is 5.75 Å². The molecule has 0 spiro atoms. The predicted molar refractivity (Wildman–Crippen MR) is 70.7 cm³/mol. The molecule has 0 radical (unpaired) electrons. The average molecular weight is 297 g/mol. The second kappa shape index (κ2) is 6.69. The zero-order valence-electron chi connectivity index (χ0n) is 12.0. The van der Waals surface area contributed by atoms with Gasteiger partial charge in [0, 0.05) is 25.5 Å². The number of hydrogen-bond acceptors (Lipinski definition) is 7. The van der Waals surface area contributed by atoms with E-state index in [0.29, 0.717) is 0 Å². The third-order valence-corrected chi connectivity index (χ3v) is 2.64. The van der Waals surface area contributed by atoms with E-state index in [2.05, 4.69) is 0 Å². The molecule has 0 aliphatic carbocycles. The highest BCUT2D eigenvalue weighted by atomic mass is 16.7. The molecule has 0 fully saturated rings. The van der Waals surface area contributed by atoms with Crippen molar-refractivity contribution in [2.24, 2.45) is 0 Å². The van der Waals surface area contributed by atoms with Crippen molar-refractivity contribution < 1.29 is 28.7 Å². The highest BCUT2D eigenvalue weighted by molar-refractivity contribution is 5.69. The molecule has 1 aromatic rings. The predicted octanol–water partition coefficient (Wildman–Crippen LogP) is 2.04. The molecule has 0 atom stereocenters. The average Bonchev–Trinajstić information content (AvgIpc) is 2.35. The number of ether oxygens (including phenoxy) is 3. The lowest BCUT2D eigenvalue weighted by atomic mass is 10.0. The summed E-state index contributed by atoms with van der Waals surface area (Å²) >= 11 is 0. The molecule has 0 heterocycles. The molecule has 0 unspecified atom stereocenters. The van der Waals surface area contributed by atoms with Crippen LogP contribution in [0.1, 0.15) is 31.3 Å². The van der Waals surface area contributed by atoms with Gasteiger partial charge >= 0.3 is 11.9 Å². The molecule has 8 nitrogen and oxygen atoms in total. The van der Waals surface area contributed by atoms with E-state index in [4.69, 9.17) is 14.2 Å². The molecule has 1 aromatic carbocycles. The first-order chi connectivity index (χ1) is 9.77. The normalized spacial score (nSPS) is 10.1. The van der Waals surface area contributed by atoms with Crippen LogP contribution in [0.2, 0.25) is 0 Å². The Hall–Kier alpha value is -2.64. The van der Waals surface area contributed by atoms with Gasteiger partial charge in [-0.05, 0) is 13.0 Å². The number of hydrogen-bond donors (Lipinski definition) is 0. The van der Waals surface area contributed by atoms with Crippen LogP contribution in [0.4, 0.5) is 5.69 Å². The smallest absolute Gasteiger partial charge is 0.305 e. The number of methoxy groups -OCH3 is 1. The lowest BCUT2D eigenvalue weighted by Gasteiger charge is -2.20. The number of rotatable bonds is 5. The third kappa shape index (κ3) is 3.91. The van der Waals surface area contributed by atoms with Gasteiger partial charge in [0.25, 0.3) is 12.0 Å². The van der Waals surface area contributed by atoms with E-state index >= 15 is 0 Å². The first kappa shape index (κ1) is 16.4. The summed E-state index contributed by atoms with van der Waals surface area (Å²) in [6.45, 7) is 3.72. The maximum atomic E-state index is 11.2. The maximum absolute atomic E-state index is 11.2. The van der Waals surface area contributed by atoms with Crippen molar-refractivity contribution in [1.29, 1.82) is 0 Å². The van der Waals surface area contributed by atoms with Gasteiger partial charge in [-0.25, -0.2) is 0 Å². The zero-order valence-corrected chi connectivity index (χ0v) is 12.0. The molecule has 0 aliphatic heterocycles. The van der Waals surface area contributed by atoms with Gasteiger partial charge in [-0.15, -0.1) is 0 Å². The second-order valence-electron chi connectivity index (χ2n) is 4.13. The van der Waals surface area contributed by atoms with E-state index < -0.39 is 23.2 Å². The van der Waals surface area contributed by atoms with E-state index in [-0.39, 0.29) is 22.6 Å². The van der Waals surface area contributed by atoms with Crippen LogP contribution < -0.4 is 4.74 Å². The second-order valence-corrected chi connectivity index (χ2v) is 4.13. The van der Waals surface area contributed by atoms with Gasteiger partial charge in [0.05, 0.1) is 17.6 Å². The molecular weight excluding hydrogens is 282 g/mol. The van der Waals surface area contributed by atoms with Crippen LogP contribution in [-0.4, -0.2) is 24.0 Å². The van der Waals surface area contributed by atoms with Crippen molar-refractivity contribution in [3.63, 3.8) is 0 Å². The Labute approximate surface area is 120 Å². The molecule has 0 aromatic heterocycles. The fraction of sp³-hybridized carbons (Fsp3) is 0.385. The van der Waals surface area contributed by atoms with Gasteiger partial charge in [0.2, 0.25) is 0 Å². The Morgan fingerprint density at radius 3 is 2.10 bits per heavy atom. The van der Waals surface area contributed by atoms with Gasteiger partial charge in [-0.2, -0.15) is 0 Å². The quantitative estimate of drug-likeness (QED) is 0.354. The summed E-state index contributed by atoms with van der Waals surface area (Å²) in [4.78, 5) is 32.7. The Kier molecular flexibility index (Phi) is 5.23. The molecule has 0 saturated carbocycles. The van der Waals surface area contributed by atoms with Gasteiger partial charge in [-0.3, -0.25) is 19.7 Å². The monoisotopic (exact) mass is 297 g/mol. The molecule has 0 N–H and O–H groups in total. The largest absolute Gasteiger partial charge is 0.496 e. The molecule has 0 aliphatic rings. The van der Waals surface area contributed by atoms with E-state index in [1.54, 1.807) is 0 Å². The lowest BCUT2D eigenvalue weighted by Crippen LogP contribution is -2.17. The maximum Gasteiger partial charge on any atom is 0.305 e. The Morgan fingerprint density at radius 1 is 1.19 bits per heavy atom. The van der Waals surface area contributed by atoms with E-state index in [1.165, 1.54) is 26.2 Å². The van der Waals surface area contributed by atoms with Gasteiger partial charge < -0.3 is 14.2 Å². The van der Waals surface area contributed by atoms with Crippen molar-refractivity contribution in [1.82, 2.24) is 0 Å². The van der Waals surface area contributed by atoms with Crippen LogP contribution in [-0.2, 0) is 19.1 Å². The molecule has 0 amide bonds. The Bertz CT molecular complexity index is 566. The molecule has 0 bridgehead atoms. The van der Waals surface area contributed by atoms with Gasteiger partial charge in [0.1, 0.15) is 5.75 Å². The van der Waals surface area contributed by atoms with E-state index in [0.717, 1.165) is 13.8 Å². The minimum atomic E-state index is -1.41. The number of carbonyl (C=O) groups excluding carboxylic acids is 2. The van der Waals surface area contributed by atoms with Crippen LogP contribution in [0, 0.1) is 17.0 Å². The van der Waals surface area contributed by atoms with E-state index in [1.807, 2.05) is 0 Å². The van der Waals surface area contributed by atoms with Crippen molar-refractivity contribution in [3.05, 3.63) is 33.4 Å². The van der Waals surface area contributed by atoms with Crippen molar-refractivity contribution in [2.75, 3.05) is 7.11 Å². The minimum Gasteiger partial charge on any atom is -0.496 e. The first-order valence-corrected chi connectivity index (χ1v) is 5.94. The fourth-order valence-electron chi connectivity index (χ4n) is 1.80. The molecular formula is C13H15NO7. The number of nitro benzene ring substituents is 1. The summed E-state index contributed by atoms with van der Waals surface area (Å²) in [6.07, 6.45) is -1.41. The van der Waals surface area contributed by atoms with Crippen molar-refractivity contribution in [2.45, 2.75) is 27.1 Å². The van der Waals surface area contributed by atoms with Gasteiger partial charge in [-0.1, -0.05) is 0 Å². The molecule has 114 valence electrons. The van der Waals surface area contributed by atoms with Gasteiger partial charge in [0.15, 0.2) is 0 Å². The molecule has 0 saturated heterocycles. The number of nitro groups is 1. The topological polar surface area (TPSA) is 105 Å². The summed E-state index contributed by atoms with van der Waals surface area (Å²) in [5, 5.41) is 11.0. The minimum absolute atomic E-state index is 0.122. The molecule has 1 rings (SSSR count).